The molecule has 0 spiro atoms. The van der Waals surface area contributed by atoms with Crippen LogP contribution in [0.3, 0.4) is 0 Å². The summed E-state index contributed by atoms with van der Waals surface area (Å²) in [5.41, 5.74) is 9.32. The molecule has 0 amide bonds. The fourth-order valence-electron chi connectivity index (χ4n) is 4.01. The molecule has 0 fully saturated rings. The molecular weight excluding hydrogens is 404 g/mol. The zero-order valence-corrected chi connectivity index (χ0v) is 18.2. The van der Waals surface area contributed by atoms with Crippen LogP contribution in [0.5, 0.6) is 0 Å². The highest BCUT2D eigenvalue weighted by molar-refractivity contribution is 6.62. The van der Waals surface area contributed by atoms with Crippen molar-refractivity contribution >= 4 is 22.6 Å². The molecule has 0 atom stereocenters. The summed E-state index contributed by atoms with van der Waals surface area (Å²) in [5.74, 6) is 0. The van der Waals surface area contributed by atoms with E-state index in [2.05, 4.69) is 63.5 Å². The van der Waals surface area contributed by atoms with Crippen LogP contribution in [0.25, 0.3) is 33.4 Å². The van der Waals surface area contributed by atoms with Crippen LogP contribution in [0, 0.1) is 5.41 Å². The lowest BCUT2D eigenvalue weighted by Gasteiger charge is -2.18. The average molecular weight is 427 g/mol. The van der Waals surface area contributed by atoms with Gasteiger partial charge in [0.1, 0.15) is 0 Å². The van der Waals surface area contributed by atoms with Gasteiger partial charge in [-0.1, -0.05) is 48.5 Å². The van der Waals surface area contributed by atoms with E-state index in [1.165, 1.54) is 0 Å². The molecule has 2 aromatic carbocycles. The van der Waals surface area contributed by atoms with Crippen molar-refractivity contribution in [3.05, 3.63) is 121 Å². The van der Waals surface area contributed by atoms with Gasteiger partial charge in [-0.3, -0.25) is 20.4 Å². The Morgan fingerprint density at radius 3 is 1.76 bits per heavy atom. The minimum Gasteiger partial charge on any atom is -0.298 e. The van der Waals surface area contributed by atoms with E-state index in [-0.39, 0.29) is 0 Å². The second kappa shape index (κ2) is 8.97. The van der Waals surface area contributed by atoms with Gasteiger partial charge in [-0.25, -0.2) is 0 Å². The summed E-state index contributed by atoms with van der Waals surface area (Å²) in [7, 11) is 1.74. The Morgan fingerprint density at radius 2 is 1.18 bits per heavy atom. The number of rotatable bonds is 4. The van der Waals surface area contributed by atoms with E-state index in [1.807, 2.05) is 48.8 Å². The first kappa shape index (κ1) is 20.5. The van der Waals surface area contributed by atoms with Crippen LogP contribution in [0.15, 0.2) is 115 Å². The van der Waals surface area contributed by atoms with Crippen molar-refractivity contribution in [3.8, 4) is 22.3 Å². The molecule has 0 saturated carbocycles. The van der Waals surface area contributed by atoms with E-state index in [4.69, 9.17) is 5.41 Å². The van der Waals surface area contributed by atoms with Crippen molar-refractivity contribution in [1.29, 1.82) is 5.41 Å². The summed E-state index contributed by atoms with van der Waals surface area (Å²) >= 11 is 0. The number of nitrogens with one attached hydrogen (secondary N) is 1. The Morgan fingerprint density at radius 1 is 0.636 bits per heavy atom. The summed E-state index contributed by atoms with van der Waals surface area (Å²) in [5, 5.41) is 8.78. The Labute approximate surface area is 193 Å². The summed E-state index contributed by atoms with van der Waals surface area (Å²) in [6.45, 7) is 0. The topological polar surface area (TPSA) is 62.0 Å². The molecule has 4 nitrogen and oxygen atoms in total. The lowest BCUT2D eigenvalue weighted by molar-refractivity contribution is 1.33. The van der Waals surface area contributed by atoms with Gasteiger partial charge in [0.05, 0.1) is 11.4 Å². The van der Waals surface area contributed by atoms with E-state index in [9.17, 15) is 0 Å². The van der Waals surface area contributed by atoms with Crippen LogP contribution in [0.4, 0.5) is 0 Å². The maximum Gasteiger partial charge on any atom is 0.0870 e. The highest BCUT2D eigenvalue weighted by Gasteiger charge is 2.20. The monoisotopic (exact) mass is 426 g/mol. The van der Waals surface area contributed by atoms with Gasteiger partial charge < -0.3 is 0 Å². The molecule has 0 saturated heterocycles. The molecule has 33 heavy (non-hydrogen) atoms. The number of allylic oxidation sites excluding steroid dienone is 4. The highest BCUT2D eigenvalue weighted by Crippen LogP contribution is 2.32. The van der Waals surface area contributed by atoms with Gasteiger partial charge in [-0.2, -0.15) is 0 Å². The minimum atomic E-state index is 0.424. The van der Waals surface area contributed by atoms with E-state index in [1.54, 1.807) is 19.4 Å². The first-order chi connectivity index (χ1) is 16.2. The van der Waals surface area contributed by atoms with E-state index in [0.717, 1.165) is 44.5 Å². The van der Waals surface area contributed by atoms with Gasteiger partial charge >= 0.3 is 0 Å². The lowest BCUT2D eigenvalue weighted by atomic mass is 9.86. The van der Waals surface area contributed by atoms with E-state index < -0.39 is 0 Å². The van der Waals surface area contributed by atoms with Crippen LogP contribution < -0.4 is 0 Å². The molecule has 0 aliphatic heterocycles. The predicted molar refractivity (Wildman–Crippen MR) is 136 cm³/mol. The minimum absolute atomic E-state index is 0.424. The van der Waals surface area contributed by atoms with Gasteiger partial charge in [-0.05, 0) is 64.2 Å². The molecule has 1 aliphatic rings. The van der Waals surface area contributed by atoms with Gasteiger partial charge in [0.2, 0.25) is 0 Å². The first-order valence-electron chi connectivity index (χ1n) is 10.7. The fourth-order valence-corrected chi connectivity index (χ4v) is 4.01. The number of hydrogen-bond donors (Lipinski definition) is 1. The van der Waals surface area contributed by atoms with E-state index >= 15 is 0 Å². The second-order valence-electron chi connectivity index (χ2n) is 7.79. The number of pyridine rings is 2. The number of hydrogen-bond acceptors (Lipinski definition) is 4. The number of aromatic nitrogens is 2. The van der Waals surface area contributed by atoms with Crippen molar-refractivity contribution in [3.63, 3.8) is 0 Å². The molecule has 158 valence electrons. The summed E-state index contributed by atoms with van der Waals surface area (Å²) in [6, 6.07) is 24.6. The molecule has 2 heterocycles. The lowest BCUT2D eigenvalue weighted by Crippen LogP contribution is -2.17. The number of nitrogens with zero attached hydrogens (tertiary/aromatic N) is 3. The van der Waals surface area contributed by atoms with Crippen molar-refractivity contribution in [2.75, 3.05) is 7.05 Å². The van der Waals surface area contributed by atoms with Crippen molar-refractivity contribution in [2.24, 2.45) is 4.99 Å². The molecule has 1 aliphatic carbocycles. The third-order valence-electron chi connectivity index (χ3n) is 5.72. The Hall–Kier alpha value is -4.44. The van der Waals surface area contributed by atoms with Crippen LogP contribution in [-0.2, 0) is 0 Å². The largest absolute Gasteiger partial charge is 0.298 e. The molecule has 4 aromatic rings. The van der Waals surface area contributed by atoms with Crippen LogP contribution in [0.1, 0.15) is 11.1 Å². The number of benzene rings is 2. The van der Waals surface area contributed by atoms with E-state index in [0.29, 0.717) is 11.4 Å². The fraction of sp³-hybridized carbons (Fsp3) is 0.0345. The predicted octanol–water partition coefficient (Wildman–Crippen LogP) is 6.38. The van der Waals surface area contributed by atoms with Crippen LogP contribution in [0.2, 0.25) is 0 Å². The summed E-state index contributed by atoms with van der Waals surface area (Å²) < 4.78 is 0. The highest BCUT2D eigenvalue weighted by atomic mass is 14.7. The van der Waals surface area contributed by atoms with Gasteiger partial charge in [0.15, 0.2) is 0 Å². The summed E-state index contributed by atoms with van der Waals surface area (Å²) in [6.07, 6.45) is 11.3. The molecular formula is C29H22N4. The third kappa shape index (κ3) is 4.19. The zero-order chi connectivity index (χ0) is 22.6. The first-order valence-corrected chi connectivity index (χ1v) is 10.7. The molecule has 1 N–H and O–H groups in total. The molecule has 0 unspecified atom stereocenters. The Balaban J connectivity index is 1.58. The standard InChI is InChI=1S/C29H22N4/c1-31-28-17-26(22-8-2-6-20(14-22)24-10-4-12-32-18-24)16-27(29(28)30)23-9-3-7-21(15-23)25-11-5-13-33-19-25/h2-19,30H,1H3. The SMILES string of the molecule is CN=C1C=C(c2cccc(-c3cccnc3)c2)C=C(c2cccc(-c3cccnc3)c2)C1=N. The molecule has 4 heteroatoms. The maximum atomic E-state index is 8.78. The molecule has 5 rings (SSSR count). The smallest absolute Gasteiger partial charge is 0.0870 e. The van der Waals surface area contributed by atoms with Gasteiger partial charge in [0, 0.05) is 48.5 Å². The van der Waals surface area contributed by atoms with Crippen LogP contribution >= 0.6 is 0 Å². The quantitative estimate of drug-likeness (QED) is 0.385. The second-order valence-corrected chi connectivity index (χ2v) is 7.79. The Bertz CT molecular complexity index is 1410. The maximum absolute atomic E-state index is 8.78. The van der Waals surface area contributed by atoms with Gasteiger partial charge in [0.25, 0.3) is 0 Å². The van der Waals surface area contributed by atoms with Crippen LogP contribution in [-0.4, -0.2) is 28.4 Å². The third-order valence-corrected chi connectivity index (χ3v) is 5.72. The average Bonchev–Trinajstić information content (AvgIpc) is 2.90. The van der Waals surface area contributed by atoms with Gasteiger partial charge in [-0.15, -0.1) is 0 Å². The normalized spacial score (nSPS) is 14.7. The Kier molecular flexibility index (Phi) is 5.56. The number of aliphatic imine (C=N–C) groups is 1. The molecule has 0 bridgehead atoms. The zero-order valence-electron chi connectivity index (χ0n) is 18.2. The molecule has 0 radical (unpaired) electrons. The van der Waals surface area contributed by atoms with Crippen molar-refractivity contribution in [1.82, 2.24) is 9.97 Å². The van der Waals surface area contributed by atoms with Crippen molar-refractivity contribution < 1.29 is 0 Å². The molecule has 2 aromatic heterocycles. The van der Waals surface area contributed by atoms with Crippen molar-refractivity contribution in [2.45, 2.75) is 0 Å². The summed E-state index contributed by atoms with van der Waals surface area (Å²) in [4.78, 5) is 12.9.